The zero-order valence-corrected chi connectivity index (χ0v) is 7.97. The molecule has 18 heavy (non-hydrogen) atoms. The molecular weight excluding hydrogens is 271 g/mol. The van der Waals surface area contributed by atoms with Crippen LogP contribution in [0.1, 0.15) is 0 Å². The van der Waals surface area contributed by atoms with E-state index in [2.05, 4.69) is 9.47 Å². The number of rotatable bonds is 1. The molecule has 0 unspecified atom stereocenters. The van der Waals surface area contributed by atoms with Gasteiger partial charge in [0.1, 0.15) is 0 Å². The van der Waals surface area contributed by atoms with Gasteiger partial charge in [-0.25, -0.2) is 22.8 Å². The van der Waals surface area contributed by atoms with Crippen LogP contribution < -0.4 is 4.74 Å². The van der Waals surface area contributed by atoms with E-state index < -0.39 is 47.1 Å². The Morgan fingerprint density at radius 1 is 0.833 bits per heavy atom. The number of carboxylic acid groups (broad SMARTS) is 1. The molecule has 1 aromatic carbocycles. The van der Waals surface area contributed by atoms with Crippen molar-refractivity contribution in [2.75, 3.05) is 0 Å². The summed E-state index contributed by atoms with van der Waals surface area (Å²) >= 11 is 0. The number of ether oxygens (including phenoxy) is 2. The van der Waals surface area contributed by atoms with Gasteiger partial charge in [0.05, 0.1) is 0 Å². The van der Waals surface area contributed by atoms with Crippen LogP contribution in [0.2, 0.25) is 0 Å². The van der Waals surface area contributed by atoms with E-state index in [1.807, 2.05) is 0 Å². The SMILES string of the molecule is O=C(O)OC(=O)Oc1c(F)c(F)c(F)c(F)c1F. The molecule has 0 saturated heterocycles. The summed E-state index contributed by atoms with van der Waals surface area (Å²) in [7, 11) is 0. The number of benzene rings is 1. The summed E-state index contributed by atoms with van der Waals surface area (Å²) in [6.07, 6.45) is -4.37. The Bertz CT molecular complexity index is 500. The molecule has 0 fully saturated rings. The molecule has 0 heterocycles. The van der Waals surface area contributed by atoms with Gasteiger partial charge in [0.2, 0.25) is 34.8 Å². The third-order valence-corrected chi connectivity index (χ3v) is 1.53. The molecule has 5 nitrogen and oxygen atoms in total. The number of hydrogen-bond donors (Lipinski definition) is 1. The predicted molar refractivity (Wildman–Crippen MR) is 41.4 cm³/mol. The lowest BCUT2D eigenvalue weighted by molar-refractivity contribution is 0.0823. The second-order valence-corrected chi connectivity index (χ2v) is 2.62. The summed E-state index contributed by atoms with van der Waals surface area (Å²) in [6.45, 7) is 0. The van der Waals surface area contributed by atoms with Crippen molar-refractivity contribution in [2.45, 2.75) is 0 Å². The van der Waals surface area contributed by atoms with E-state index in [1.165, 1.54) is 0 Å². The third-order valence-electron chi connectivity index (χ3n) is 1.53. The van der Waals surface area contributed by atoms with Crippen molar-refractivity contribution in [3.05, 3.63) is 29.1 Å². The minimum atomic E-state index is -2.45. The Hall–Kier alpha value is -2.39. The highest BCUT2D eigenvalue weighted by Crippen LogP contribution is 2.29. The summed E-state index contributed by atoms with van der Waals surface area (Å²) in [5, 5.41) is 7.94. The van der Waals surface area contributed by atoms with E-state index in [9.17, 15) is 31.5 Å². The average molecular weight is 272 g/mol. The van der Waals surface area contributed by atoms with Gasteiger partial charge in [0.25, 0.3) is 0 Å². The Morgan fingerprint density at radius 3 is 1.61 bits per heavy atom. The zero-order valence-electron chi connectivity index (χ0n) is 7.97. The van der Waals surface area contributed by atoms with Gasteiger partial charge in [0, 0.05) is 0 Å². The van der Waals surface area contributed by atoms with Crippen molar-refractivity contribution in [1.29, 1.82) is 0 Å². The maximum absolute atomic E-state index is 12.9. The van der Waals surface area contributed by atoms with E-state index in [0.29, 0.717) is 0 Å². The average Bonchev–Trinajstić information content (AvgIpc) is 2.29. The molecule has 1 aromatic rings. The summed E-state index contributed by atoms with van der Waals surface area (Å²) in [5.41, 5.74) is 0. The van der Waals surface area contributed by atoms with Gasteiger partial charge in [-0.15, -0.1) is 0 Å². The van der Waals surface area contributed by atoms with Gasteiger partial charge in [-0.2, -0.15) is 8.78 Å². The lowest BCUT2D eigenvalue weighted by Gasteiger charge is -2.07. The second-order valence-electron chi connectivity index (χ2n) is 2.62. The Morgan fingerprint density at radius 2 is 1.22 bits per heavy atom. The first-order valence-corrected chi connectivity index (χ1v) is 3.89. The highest BCUT2D eigenvalue weighted by atomic mass is 19.2. The first kappa shape index (κ1) is 13.7. The van der Waals surface area contributed by atoms with E-state index >= 15 is 0 Å². The van der Waals surface area contributed by atoms with Crippen molar-refractivity contribution < 1.29 is 46.1 Å². The van der Waals surface area contributed by atoms with Crippen LogP contribution in [0, 0.1) is 29.1 Å². The highest BCUT2D eigenvalue weighted by Gasteiger charge is 2.29. The van der Waals surface area contributed by atoms with Crippen molar-refractivity contribution in [3.8, 4) is 5.75 Å². The van der Waals surface area contributed by atoms with Gasteiger partial charge in [-0.05, 0) is 0 Å². The van der Waals surface area contributed by atoms with E-state index in [0.717, 1.165) is 0 Å². The van der Waals surface area contributed by atoms with Gasteiger partial charge in [-0.1, -0.05) is 0 Å². The third kappa shape index (κ3) is 2.47. The maximum Gasteiger partial charge on any atom is 0.524 e. The fourth-order valence-electron chi connectivity index (χ4n) is 0.850. The summed E-state index contributed by atoms with van der Waals surface area (Å²) in [5.74, 6) is -14.0. The number of hydrogen-bond acceptors (Lipinski definition) is 4. The zero-order chi connectivity index (χ0) is 14.0. The van der Waals surface area contributed by atoms with Crippen LogP contribution >= 0.6 is 0 Å². The largest absolute Gasteiger partial charge is 0.524 e. The summed E-state index contributed by atoms with van der Waals surface area (Å²) < 4.78 is 70.4. The van der Waals surface area contributed by atoms with Gasteiger partial charge < -0.3 is 14.6 Å². The minimum Gasteiger partial charge on any atom is -0.449 e. The lowest BCUT2D eigenvalue weighted by Crippen LogP contribution is -2.17. The molecule has 98 valence electrons. The highest BCUT2D eigenvalue weighted by molar-refractivity contribution is 5.77. The van der Waals surface area contributed by atoms with Crippen LogP contribution in [0.3, 0.4) is 0 Å². The molecule has 1 rings (SSSR count). The lowest BCUT2D eigenvalue weighted by atomic mass is 10.3. The van der Waals surface area contributed by atoms with Crippen LogP contribution in [0.5, 0.6) is 5.75 Å². The molecule has 0 radical (unpaired) electrons. The minimum absolute atomic E-state index is 1.96. The molecule has 0 aliphatic carbocycles. The fourth-order valence-corrected chi connectivity index (χ4v) is 0.850. The Balaban J connectivity index is 3.18. The molecular formula is C8HF5O5. The topological polar surface area (TPSA) is 72.8 Å². The Labute approximate surface area is 94.3 Å². The molecule has 0 saturated carbocycles. The molecule has 0 bridgehead atoms. The van der Waals surface area contributed by atoms with Crippen molar-refractivity contribution in [3.63, 3.8) is 0 Å². The Kier molecular flexibility index (Phi) is 3.69. The number of carbonyl (C=O) groups is 2. The van der Waals surface area contributed by atoms with Crippen molar-refractivity contribution in [1.82, 2.24) is 0 Å². The van der Waals surface area contributed by atoms with Gasteiger partial charge in [0.15, 0.2) is 0 Å². The first-order chi connectivity index (χ1) is 8.25. The van der Waals surface area contributed by atoms with Crippen LogP contribution in [0.25, 0.3) is 0 Å². The molecule has 0 aliphatic rings. The first-order valence-electron chi connectivity index (χ1n) is 3.89. The van der Waals surface area contributed by atoms with E-state index in [1.54, 1.807) is 0 Å². The molecule has 0 atom stereocenters. The maximum atomic E-state index is 12.9. The van der Waals surface area contributed by atoms with Crippen LogP contribution in [0.4, 0.5) is 31.5 Å². The predicted octanol–water partition coefficient (Wildman–Crippen LogP) is 2.58. The normalized spacial score (nSPS) is 10.1. The number of carbonyl (C=O) groups excluding carboxylic acids is 1. The van der Waals surface area contributed by atoms with Crippen LogP contribution in [-0.2, 0) is 4.74 Å². The standard InChI is InChI=1S/C8HF5O5/c9-1-2(10)4(12)6(5(13)3(1)11)17-8(16)18-7(14)15/h(H,14,15). The molecule has 0 spiro atoms. The van der Waals surface area contributed by atoms with Crippen molar-refractivity contribution >= 4 is 12.3 Å². The van der Waals surface area contributed by atoms with Gasteiger partial charge >= 0.3 is 12.3 Å². The smallest absolute Gasteiger partial charge is 0.449 e. The van der Waals surface area contributed by atoms with Crippen LogP contribution in [0.15, 0.2) is 0 Å². The quantitative estimate of drug-likeness (QED) is 0.212. The molecule has 10 heteroatoms. The molecule has 1 N–H and O–H groups in total. The van der Waals surface area contributed by atoms with Crippen molar-refractivity contribution in [2.24, 2.45) is 0 Å². The van der Waals surface area contributed by atoms with E-state index in [-0.39, 0.29) is 0 Å². The van der Waals surface area contributed by atoms with Crippen LogP contribution in [-0.4, -0.2) is 17.4 Å². The second kappa shape index (κ2) is 4.85. The monoisotopic (exact) mass is 272 g/mol. The van der Waals surface area contributed by atoms with Gasteiger partial charge in [-0.3, -0.25) is 0 Å². The fraction of sp³-hybridized carbons (Fsp3) is 0. The molecule has 0 aromatic heterocycles. The molecule has 0 aliphatic heterocycles. The summed E-state index contributed by atoms with van der Waals surface area (Å²) in [6, 6.07) is 0. The van der Waals surface area contributed by atoms with E-state index in [4.69, 9.17) is 5.11 Å². The molecule has 0 amide bonds. The summed E-state index contributed by atoms with van der Waals surface area (Å²) in [4.78, 5) is 20.4. The number of halogens is 5.